The number of fused-ring (bicyclic) bond motifs is 1. The Labute approximate surface area is 183 Å². The molecule has 0 radical (unpaired) electrons. The van der Waals surface area contributed by atoms with Crippen molar-refractivity contribution < 1.29 is 21.9 Å². The van der Waals surface area contributed by atoms with Crippen molar-refractivity contribution in [2.75, 3.05) is 19.6 Å². The summed E-state index contributed by atoms with van der Waals surface area (Å²) < 4.78 is 6.71. The molecule has 0 spiro atoms. The zero-order valence-electron chi connectivity index (χ0n) is 17.2. The molecule has 0 atom stereocenters. The van der Waals surface area contributed by atoms with Crippen LogP contribution in [0.1, 0.15) is 44.0 Å². The summed E-state index contributed by atoms with van der Waals surface area (Å²) in [6.07, 6.45) is 4.26. The highest BCUT2D eigenvalue weighted by Gasteiger charge is 2.31. The van der Waals surface area contributed by atoms with Crippen LogP contribution in [0, 0.1) is 0 Å². The number of esters is 1. The number of nitrogens with zero attached hydrogens (tertiary/aromatic N) is 1. The van der Waals surface area contributed by atoms with Crippen LogP contribution in [0.15, 0.2) is 48.7 Å². The number of benzene rings is 2. The summed E-state index contributed by atoms with van der Waals surface area (Å²) in [6.45, 7) is 9.76. The molecule has 0 unspecified atom stereocenters. The van der Waals surface area contributed by atoms with Gasteiger partial charge in [0.05, 0.1) is 36.9 Å². The Morgan fingerprint density at radius 2 is 1.69 bits per heavy atom. The molecule has 0 saturated heterocycles. The van der Waals surface area contributed by atoms with E-state index >= 15 is 0 Å². The second kappa shape index (κ2) is 10.1. The quantitative estimate of drug-likeness (QED) is 0.336. The SMILES string of the molecule is CCC[N+](CC)(CCC)c1c[nH]c2cccc(OC(=O)c3ccc(Cl)cc3)c12.[Cl-]. The third-order valence-electron chi connectivity index (χ3n) is 5.35. The highest BCUT2D eigenvalue weighted by molar-refractivity contribution is 6.30. The van der Waals surface area contributed by atoms with E-state index in [1.807, 2.05) is 18.2 Å². The highest BCUT2D eigenvalue weighted by Crippen LogP contribution is 2.39. The molecule has 0 aliphatic heterocycles. The van der Waals surface area contributed by atoms with Gasteiger partial charge in [0.25, 0.3) is 0 Å². The zero-order valence-corrected chi connectivity index (χ0v) is 18.7. The predicted molar refractivity (Wildman–Crippen MR) is 117 cm³/mol. The Bertz CT molecular complexity index is 945. The molecule has 1 N–H and O–H groups in total. The second-order valence-corrected chi connectivity index (χ2v) is 7.59. The van der Waals surface area contributed by atoms with Gasteiger partial charge in [0.1, 0.15) is 11.1 Å². The maximum Gasteiger partial charge on any atom is 0.343 e. The van der Waals surface area contributed by atoms with E-state index in [1.165, 1.54) is 5.69 Å². The lowest BCUT2D eigenvalue weighted by atomic mass is 10.1. The van der Waals surface area contributed by atoms with Gasteiger partial charge in [-0.3, -0.25) is 4.48 Å². The Morgan fingerprint density at radius 1 is 1.03 bits per heavy atom. The van der Waals surface area contributed by atoms with E-state index < -0.39 is 0 Å². The van der Waals surface area contributed by atoms with Gasteiger partial charge in [-0.2, -0.15) is 0 Å². The first-order valence-corrected chi connectivity index (χ1v) is 10.4. The van der Waals surface area contributed by atoms with Crippen molar-refractivity contribution in [3.63, 3.8) is 0 Å². The van der Waals surface area contributed by atoms with E-state index in [-0.39, 0.29) is 18.4 Å². The molecule has 0 aliphatic carbocycles. The van der Waals surface area contributed by atoms with Crippen LogP contribution in [0.5, 0.6) is 5.75 Å². The van der Waals surface area contributed by atoms with Crippen LogP contribution in [-0.4, -0.2) is 30.6 Å². The van der Waals surface area contributed by atoms with E-state index in [4.69, 9.17) is 16.3 Å². The number of rotatable bonds is 8. The molecule has 29 heavy (non-hydrogen) atoms. The molecule has 0 amide bonds. The fourth-order valence-electron chi connectivity index (χ4n) is 4.03. The smallest absolute Gasteiger partial charge is 0.343 e. The maximum absolute atomic E-state index is 12.7. The molecule has 1 aromatic heterocycles. The molecule has 156 valence electrons. The van der Waals surface area contributed by atoms with Crippen molar-refractivity contribution in [2.24, 2.45) is 0 Å². The number of ether oxygens (including phenoxy) is 1. The number of aromatic amines is 1. The lowest BCUT2D eigenvalue weighted by molar-refractivity contribution is -0.0000185. The van der Waals surface area contributed by atoms with E-state index in [1.54, 1.807) is 24.3 Å². The van der Waals surface area contributed by atoms with Crippen molar-refractivity contribution in [2.45, 2.75) is 33.6 Å². The molecule has 2 aromatic carbocycles. The first-order chi connectivity index (χ1) is 13.5. The molecule has 1 heterocycles. The van der Waals surface area contributed by atoms with E-state index in [0.717, 1.165) is 47.9 Å². The van der Waals surface area contributed by atoms with Gasteiger partial charge < -0.3 is 22.1 Å². The molecule has 0 saturated carbocycles. The molecule has 0 fully saturated rings. The zero-order chi connectivity index (χ0) is 20.1. The molecule has 3 rings (SSSR count). The second-order valence-electron chi connectivity index (χ2n) is 7.16. The number of hydrogen-bond donors (Lipinski definition) is 1. The Kier molecular flexibility index (Phi) is 8.14. The van der Waals surface area contributed by atoms with E-state index in [0.29, 0.717) is 16.3 Å². The number of nitrogens with one attached hydrogen (secondary N) is 1. The Morgan fingerprint density at radius 3 is 2.28 bits per heavy atom. The van der Waals surface area contributed by atoms with Gasteiger partial charge in [-0.1, -0.05) is 31.5 Å². The minimum Gasteiger partial charge on any atom is -1.00 e. The fourth-order valence-corrected chi connectivity index (χ4v) is 4.16. The van der Waals surface area contributed by atoms with E-state index in [2.05, 4.69) is 32.0 Å². The van der Waals surface area contributed by atoms with Crippen molar-refractivity contribution in [1.29, 1.82) is 0 Å². The number of carbonyl (C=O) groups is 1. The van der Waals surface area contributed by atoms with Crippen LogP contribution in [-0.2, 0) is 0 Å². The third-order valence-corrected chi connectivity index (χ3v) is 5.60. The van der Waals surface area contributed by atoms with Gasteiger partial charge in [-0.15, -0.1) is 0 Å². The first-order valence-electron chi connectivity index (χ1n) is 9.99. The van der Waals surface area contributed by atoms with Gasteiger partial charge in [0, 0.05) is 5.02 Å². The van der Waals surface area contributed by atoms with Crippen LogP contribution < -0.4 is 21.6 Å². The maximum atomic E-state index is 12.7. The molecule has 4 nitrogen and oxygen atoms in total. The molecule has 0 aliphatic rings. The van der Waals surface area contributed by atoms with Crippen LogP contribution in [0.4, 0.5) is 5.69 Å². The molecule has 6 heteroatoms. The predicted octanol–water partition coefficient (Wildman–Crippen LogP) is 3.19. The Balaban J connectivity index is 0.00000300. The monoisotopic (exact) mass is 434 g/mol. The molecular weight excluding hydrogens is 407 g/mol. The fraction of sp³-hybridized carbons (Fsp3) is 0.348. The van der Waals surface area contributed by atoms with Gasteiger partial charge >= 0.3 is 5.97 Å². The summed E-state index contributed by atoms with van der Waals surface area (Å²) in [4.78, 5) is 16.1. The van der Waals surface area contributed by atoms with Gasteiger partial charge in [0.15, 0.2) is 5.69 Å². The van der Waals surface area contributed by atoms with Gasteiger partial charge in [-0.25, -0.2) is 4.79 Å². The van der Waals surface area contributed by atoms with Crippen LogP contribution in [0.25, 0.3) is 10.9 Å². The average molecular weight is 435 g/mol. The third kappa shape index (κ3) is 4.77. The lowest BCUT2D eigenvalue weighted by Crippen LogP contribution is -3.00. The molecule has 0 bridgehead atoms. The van der Waals surface area contributed by atoms with Gasteiger partial charge in [0.2, 0.25) is 0 Å². The number of halogens is 2. The molecular formula is C23H28Cl2N2O2. The number of carbonyl (C=O) groups excluding carboxylic acids is 1. The summed E-state index contributed by atoms with van der Waals surface area (Å²) in [5, 5.41) is 1.59. The largest absolute Gasteiger partial charge is 1.00 e. The number of H-pyrrole nitrogens is 1. The highest BCUT2D eigenvalue weighted by atomic mass is 35.5. The Hall–Kier alpha value is -2.01. The standard InChI is InChI=1S/C23H28ClN2O2.ClH/c1-4-14-26(6-3,15-5-2)20-16-25-19-8-7-9-21(22(19)20)28-23(27)17-10-12-18(24)13-11-17;/h7-13,16,25H,4-6,14-15H2,1-3H3;1H/q+1;/p-1. The van der Waals surface area contributed by atoms with Crippen molar-refractivity contribution in [3.05, 3.63) is 59.2 Å². The number of hydrogen-bond acceptors (Lipinski definition) is 2. The van der Waals surface area contributed by atoms with E-state index in [9.17, 15) is 4.79 Å². The summed E-state index contributed by atoms with van der Waals surface area (Å²) in [7, 11) is 0. The number of aromatic nitrogens is 1. The van der Waals surface area contributed by atoms with Gasteiger partial charge in [-0.05, 0) is 56.2 Å². The van der Waals surface area contributed by atoms with Crippen molar-refractivity contribution in [1.82, 2.24) is 9.47 Å². The topological polar surface area (TPSA) is 42.1 Å². The van der Waals surface area contributed by atoms with Crippen LogP contribution in [0.3, 0.4) is 0 Å². The van der Waals surface area contributed by atoms with Crippen molar-refractivity contribution >= 4 is 34.2 Å². The van der Waals surface area contributed by atoms with Crippen LogP contribution in [0.2, 0.25) is 5.02 Å². The van der Waals surface area contributed by atoms with Crippen LogP contribution >= 0.6 is 11.6 Å². The lowest BCUT2D eigenvalue weighted by Gasteiger charge is -2.36. The summed E-state index contributed by atoms with van der Waals surface area (Å²) in [5.74, 6) is 0.216. The number of quaternary nitrogens is 1. The summed E-state index contributed by atoms with van der Waals surface area (Å²) >= 11 is 5.93. The minimum atomic E-state index is -0.378. The minimum absolute atomic E-state index is 0. The first kappa shape index (κ1) is 23.3. The molecule has 3 aromatic rings. The summed E-state index contributed by atoms with van der Waals surface area (Å²) in [5.41, 5.74) is 2.66. The summed E-state index contributed by atoms with van der Waals surface area (Å²) in [6, 6.07) is 12.6. The van der Waals surface area contributed by atoms with Crippen molar-refractivity contribution in [3.8, 4) is 5.75 Å². The normalized spacial score (nSPS) is 11.3. The average Bonchev–Trinajstić information content (AvgIpc) is 3.14.